The van der Waals surface area contributed by atoms with Gasteiger partial charge in [-0.2, -0.15) is 4.31 Å². The Morgan fingerprint density at radius 2 is 1.83 bits per heavy atom. The van der Waals surface area contributed by atoms with E-state index in [1.54, 1.807) is 4.31 Å². The second-order valence-electron chi connectivity index (χ2n) is 9.51. The second kappa shape index (κ2) is 11.5. The molecule has 9 heteroatoms. The zero-order valence-electron chi connectivity index (χ0n) is 20.4. The van der Waals surface area contributed by atoms with Crippen molar-refractivity contribution in [3.63, 3.8) is 0 Å². The maximum absolute atomic E-state index is 13.9. The predicted octanol–water partition coefficient (Wildman–Crippen LogP) is 3.87. The lowest BCUT2D eigenvalue weighted by Gasteiger charge is -2.33. The summed E-state index contributed by atoms with van der Waals surface area (Å²) in [6.07, 6.45) is 2.59. The number of nitrogens with zero attached hydrogens (tertiary/aromatic N) is 3. The third kappa shape index (κ3) is 6.20. The molecular formula is C27H33BrN4O3S. The Morgan fingerprint density at radius 3 is 2.58 bits per heavy atom. The monoisotopic (exact) mass is 572 g/mol. The van der Waals surface area contributed by atoms with Crippen LogP contribution in [-0.4, -0.2) is 73.8 Å². The number of morpholine rings is 1. The minimum absolute atomic E-state index is 0.109. The van der Waals surface area contributed by atoms with Crippen molar-refractivity contribution < 1.29 is 13.2 Å². The highest BCUT2D eigenvalue weighted by Gasteiger charge is 2.36. The zero-order chi connectivity index (χ0) is 25.0. The Morgan fingerprint density at radius 1 is 1.03 bits per heavy atom. The molecule has 1 atom stereocenters. The van der Waals surface area contributed by atoms with E-state index >= 15 is 0 Å². The van der Waals surface area contributed by atoms with Crippen molar-refractivity contribution in [2.24, 2.45) is 0 Å². The van der Waals surface area contributed by atoms with Gasteiger partial charge >= 0.3 is 0 Å². The number of hydrogen-bond donors (Lipinski definition) is 1. The van der Waals surface area contributed by atoms with Crippen LogP contribution in [0.25, 0.3) is 0 Å². The molecule has 2 aromatic carbocycles. The van der Waals surface area contributed by atoms with Gasteiger partial charge in [-0.3, -0.25) is 4.90 Å². The lowest BCUT2D eigenvalue weighted by molar-refractivity contribution is 0.0406. The van der Waals surface area contributed by atoms with Gasteiger partial charge in [0.25, 0.3) is 0 Å². The summed E-state index contributed by atoms with van der Waals surface area (Å²) in [7, 11) is -3.52. The first-order valence-corrected chi connectivity index (χ1v) is 14.9. The number of fused-ring (bicyclic) bond motifs is 1. The minimum Gasteiger partial charge on any atom is -0.379 e. The van der Waals surface area contributed by atoms with Crippen LogP contribution in [0.1, 0.15) is 16.8 Å². The number of nitrogens with one attached hydrogen (secondary N) is 1. The van der Waals surface area contributed by atoms with Gasteiger partial charge in [0.2, 0.25) is 10.0 Å². The van der Waals surface area contributed by atoms with E-state index in [1.807, 2.05) is 36.5 Å². The second-order valence-corrected chi connectivity index (χ2v) is 12.5. The van der Waals surface area contributed by atoms with Crippen molar-refractivity contribution in [3.8, 4) is 0 Å². The van der Waals surface area contributed by atoms with Crippen LogP contribution < -0.4 is 4.90 Å². The molecular weight excluding hydrogens is 540 g/mol. The molecule has 5 rings (SSSR count). The van der Waals surface area contributed by atoms with Crippen LogP contribution in [0.15, 0.2) is 71.3 Å². The molecule has 1 saturated heterocycles. The van der Waals surface area contributed by atoms with Gasteiger partial charge < -0.3 is 14.6 Å². The van der Waals surface area contributed by atoms with E-state index < -0.39 is 10.0 Å². The summed E-state index contributed by atoms with van der Waals surface area (Å²) in [5.41, 5.74) is 4.34. The van der Waals surface area contributed by atoms with E-state index in [-0.39, 0.29) is 11.8 Å². The number of rotatable bonds is 8. The maximum atomic E-state index is 13.9. The zero-order valence-corrected chi connectivity index (χ0v) is 22.8. The Kier molecular flexibility index (Phi) is 8.12. The molecule has 36 heavy (non-hydrogen) atoms. The summed E-state index contributed by atoms with van der Waals surface area (Å²) in [6, 6.07) is 20.3. The van der Waals surface area contributed by atoms with Crippen molar-refractivity contribution in [2.75, 3.05) is 50.0 Å². The SMILES string of the molecule is O=S(=O)(CCN1CCOCC1)N1Cc2cc(Br)ccc2N(Cc2ccc[nH]2)C[C@H]1Cc1ccccc1. The molecule has 0 amide bonds. The fourth-order valence-electron chi connectivity index (χ4n) is 5.12. The quantitative estimate of drug-likeness (QED) is 0.443. The minimum atomic E-state index is -3.52. The normalized spacial score (nSPS) is 19.7. The molecule has 3 heterocycles. The molecule has 192 valence electrons. The van der Waals surface area contributed by atoms with E-state index in [0.717, 1.165) is 40.1 Å². The molecule has 0 saturated carbocycles. The number of sulfonamides is 1. The number of aromatic nitrogens is 1. The standard InChI is InChI=1S/C27H33BrN4O3S/c28-24-8-9-27-23(18-24)19-32(36(33,34)16-13-30-11-14-35-15-12-30)26(17-22-5-2-1-3-6-22)21-31(27)20-25-7-4-10-29-25/h1-10,18,26,29H,11-17,19-21H2/t26-/m1/s1. The Bertz CT molecular complexity index is 1230. The summed E-state index contributed by atoms with van der Waals surface area (Å²) in [5, 5.41) is 0. The number of hydrogen-bond acceptors (Lipinski definition) is 5. The van der Waals surface area contributed by atoms with Crippen molar-refractivity contribution in [1.29, 1.82) is 0 Å². The van der Waals surface area contributed by atoms with Crippen LogP contribution in [-0.2, 0) is 34.3 Å². The van der Waals surface area contributed by atoms with E-state index in [0.29, 0.717) is 45.8 Å². The lowest BCUT2D eigenvalue weighted by Crippen LogP contribution is -2.48. The molecule has 1 fully saturated rings. The molecule has 0 spiro atoms. The average molecular weight is 574 g/mol. The number of H-pyrrole nitrogens is 1. The van der Waals surface area contributed by atoms with Crippen LogP contribution in [0.4, 0.5) is 5.69 Å². The molecule has 2 aliphatic rings. The van der Waals surface area contributed by atoms with Gasteiger partial charge in [0.15, 0.2) is 0 Å². The van der Waals surface area contributed by atoms with Gasteiger partial charge in [0.1, 0.15) is 0 Å². The molecule has 3 aromatic rings. The molecule has 0 unspecified atom stereocenters. The Labute approximate surface area is 222 Å². The largest absolute Gasteiger partial charge is 0.379 e. The predicted molar refractivity (Wildman–Crippen MR) is 147 cm³/mol. The lowest BCUT2D eigenvalue weighted by atomic mass is 10.1. The molecule has 7 nitrogen and oxygen atoms in total. The Hall–Kier alpha value is -2.17. The first-order valence-electron chi connectivity index (χ1n) is 12.5. The fourth-order valence-corrected chi connectivity index (χ4v) is 7.18. The van der Waals surface area contributed by atoms with Gasteiger partial charge in [-0.25, -0.2) is 8.42 Å². The highest BCUT2D eigenvalue weighted by molar-refractivity contribution is 9.10. The molecule has 0 aliphatic carbocycles. The average Bonchev–Trinajstić information content (AvgIpc) is 3.34. The van der Waals surface area contributed by atoms with Crippen LogP contribution >= 0.6 is 15.9 Å². The summed E-state index contributed by atoms with van der Waals surface area (Å²) < 4.78 is 36.0. The highest BCUT2D eigenvalue weighted by Crippen LogP contribution is 2.33. The molecule has 1 N–H and O–H groups in total. The number of halogens is 1. The van der Waals surface area contributed by atoms with E-state index in [9.17, 15) is 8.42 Å². The van der Waals surface area contributed by atoms with Gasteiger partial charge in [-0.05, 0) is 47.9 Å². The molecule has 1 aromatic heterocycles. The fraction of sp³-hybridized carbons (Fsp3) is 0.407. The van der Waals surface area contributed by atoms with Crippen molar-refractivity contribution in [2.45, 2.75) is 25.6 Å². The van der Waals surface area contributed by atoms with Crippen LogP contribution in [0.3, 0.4) is 0 Å². The first kappa shape index (κ1) is 25.5. The molecule has 2 aliphatic heterocycles. The van der Waals surface area contributed by atoms with Gasteiger partial charge in [-0.1, -0.05) is 46.3 Å². The summed E-state index contributed by atoms with van der Waals surface area (Å²) >= 11 is 3.61. The topological polar surface area (TPSA) is 68.9 Å². The number of benzene rings is 2. The number of anilines is 1. The summed E-state index contributed by atoms with van der Waals surface area (Å²) in [5.74, 6) is 0.109. The van der Waals surface area contributed by atoms with Crippen LogP contribution in [0, 0.1) is 0 Å². The third-order valence-electron chi connectivity index (χ3n) is 7.01. The van der Waals surface area contributed by atoms with E-state index in [2.05, 4.69) is 61.0 Å². The van der Waals surface area contributed by atoms with Gasteiger partial charge in [-0.15, -0.1) is 0 Å². The van der Waals surface area contributed by atoms with E-state index in [4.69, 9.17) is 4.74 Å². The van der Waals surface area contributed by atoms with Crippen molar-refractivity contribution in [3.05, 3.63) is 88.2 Å². The summed E-state index contributed by atoms with van der Waals surface area (Å²) in [4.78, 5) is 7.82. The Balaban J connectivity index is 1.48. The van der Waals surface area contributed by atoms with Crippen LogP contribution in [0.2, 0.25) is 0 Å². The van der Waals surface area contributed by atoms with E-state index in [1.165, 1.54) is 0 Å². The first-order chi connectivity index (χ1) is 17.5. The van der Waals surface area contributed by atoms with Gasteiger partial charge in [0.05, 0.1) is 25.5 Å². The van der Waals surface area contributed by atoms with Gasteiger partial charge in [0, 0.05) is 60.8 Å². The molecule has 0 radical (unpaired) electrons. The van der Waals surface area contributed by atoms with Crippen molar-refractivity contribution in [1.82, 2.24) is 14.2 Å². The van der Waals surface area contributed by atoms with Crippen LogP contribution in [0.5, 0.6) is 0 Å². The number of aromatic amines is 1. The third-order valence-corrected chi connectivity index (χ3v) is 9.34. The smallest absolute Gasteiger partial charge is 0.215 e. The highest BCUT2D eigenvalue weighted by atomic mass is 79.9. The maximum Gasteiger partial charge on any atom is 0.215 e. The molecule has 0 bridgehead atoms. The van der Waals surface area contributed by atoms with Crippen molar-refractivity contribution >= 4 is 31.6 Å². The number of ether oxygens (including phenoxy) is 1. The summed E-state index contributed by atoms with van der Waals surface area (Å²) in [6.45, 7) is 5.07.